The number of rotatable bonds is 10. The predicted molar refractivity (Wildman–Crippen MR) is 155 cm³/mol. The number of hydrogen-bond donors (Lipinski definition) is 3. The minimum absolute atomic E-state index is 0.166. The van der Waals surface area contributed by atoms with Crippen molar-refractivity contribution in [3.8, 4) is 0 Å². The Morgan fingerprint density at radius 1 is 0.829 bits per heavy atom. The lowest BCUT2D eigenvalue weighted by molar-refractivity contribution is -0.159. The van der Waals surface area contributed by atoms with E-state index in [2.05, 4.69) is 10.6 Å². The van der Waals surface area contributed by atoms with Crippen LogP contribution in [0.4, 0.5) is 4.79 Å². The molecule has 224 valence electrons. The molecule has 0 fully saturated rings. The molecule has 0 bridgehead atoms. The first-order chi connectivity index (χ1) is 19.0. The van der Waals surface area contributed by atoms with E-state index in [1.54, 1.807) is 65.8 Å². The van der Waals surface area contributed by atoms with Crippen molar-refractivity contribution in [2.45, 2.75) is 84.2 Å². The number of nitrogens with zero attached hydrogens (tertiary/aromatic N) is 1. The molecule has 2 aromatic rings. The Hall–Kier alpha value is -3.92. The second-order valence-electron chi connectivity index (χ2n) is 11.9. The van der Waals surface area contributed by atoms with Gasteiger partial charge >= 0.3 is 12.1 Å². The number of benzene rings is 2. The number of carbonyl (C=O) groups excluding carboxylic acids is 4. The molecule has 3 amide bonds. The smallest absolute Gasteiger partial charge is 0.408 e. The van der Waals surface area contributed by atoms with Crippen LogP contribution in [-0.4, -0.2) is 70.8 Å². The highest BCUT2D eigenvalue weighted by Crippen LogP contribution is 2.23. The van der Waals surface area contributed by atoms with Gasteiger partial charge in [-0.1, -0.05) is 60.2 Å². The number of amides is 3. The maximum absolute atomic E-state index is 13.9. The second kappa shape index (κ2) is 14.1. The van der Waals surface area contributed by atoms with Gasteiger partial charge in [0.1, 0.15) is 29.3 Å². The van der Waals surface area contributed by atoms with Crippen molar-refractivity contribution in [2.75, 3.05) is 13.7 Å². The molecule has 10 nitrogen and oxygen atoms in total. The Kier molecular flexibility index (Phi) is 11.5. The van der Waals surface area contributed by atoms with E-state index in [0.717, 1.165) is 16.0 Å². The van der Waals surface area contributed by atoms with E-state index in [9.17, 15) is 24.3 Å². The third kappa shape index (κ3) is 10.9. The molecule has 3 atom stereocenters. The van der Waals surface area contributed by atoms with E-state index in [1.807, 2.05) is 37.3 Å². The van der Waals surface area contributed by atoms with Gasteiger partial charge in [-0.05, 0) is 59.6 Å². The van der Waals surface area contributed by atoms with E-state index >= 15 is 0 Å². The van der Waals surface area contributed by atoms with E-state index in [-0.39, 0.29) is 6.42 Å². The largest absolute Gasteiger partial charge is 0.458 e. The van der Waals surface area contributed by atoms with Crippen molar-refractivity contribution >= 4 is 23.9 Å². The topological polar surface area (TPSA) is 134 Å². The molecule has 0 aliphatic carbocycles. The third-order valence-electron chi connectivity index (χ3n) is 5.84. The SMILES string of the molecule is Cc1ccc(C(C(=O)NC(Cc2ccccc2)C(=O)OC(C)(C)C)N(C)C(=O)C(CO)NC(=O)OC(C)(C)C)cc1. The van der Waals surface area contributed by atoms with Gasteiger partial charge in [-0.25, -0.2) is 9.59 Å². The summed E-state index contributed by atoms with van der Waals surface area (Å²) >= 11 is 0. The van der Waals surface area contributed by atoms with Crippen LogP contribution in [0.5, 0.6) is 0 Å². The number of ether oxygens (including phenoxy) is 2. The molecule has 10 heteroatoms. The molecule has 3 unspecified atom stereocenters. The summed E-state index contributed by atoms with van der Waals surface area (Å²) in [5, 5.41) is 15.1. The first-order valence-electron chi connectivity index (χ1n) is 13.5. The Morgan fingerprint density at radius 2 is 1.39 bits per heavy atom. The van der Waals surface area contributed by atoms with Crippen LogP contribution >= 0.6 is 0 Å². The van der Waals surface area contributed by atoms with Crippen molar-refractivity contribution in [2.24, 2.45) is 0 Å². The van der Waals surface area contributed by atoms with Gasteiger partial charge in [-0.15, -0.1) is 0 Å². The third-order valence-corrected chi connectivity index (χ3v) is 5.84. The fraction of sp³-hybridized carbons (Fsp3) is 0.484. The monoisotopic (exact) mass is 569 g/mol. The summed E-state index contributed by atoms with van der Waals surface area (Å²) in [7, 11) is 1.39. The highest BCUT2D eigenvalue weighted by atomic mass is 16.6. The normalized spacial score (nSPS) is 13.8. The minimum Gasteiger partial charge on any atom is -0.458 e. The number of carbonyl (C=O) groups is 4. The molecule has 41 heavy (non-hydrogen) atoms. The highest BCUT2D eigenvalue weighted by Gasteiger charge is 2.36. The van der Waals surface area contributed by atoms with Gasteiger partial charge in [0.2, 0.25) is 11.8 Å². The zero-order valence-corrected chi connectivity index (χ0v) is 25.2. The Bertz CT molecular complexity index is 1180. The lowest BCUT2D eigenvalue weighted by atomic mass is 10.0. The van der Waals surface area contributed by atoms with Crippen molar-refractivity contribution in [3.63, 3.8) is 0 Å². The molecular weight excluding hydrogens is 526 g/mol. The molecule has 2 aromatic carbocycles. The number of aliphatic hydroxyl groups excluding tert-OH is 1. The number of alkyl carbamates (subject to hydrolysis) is 1. The van der Waals surface area contributed by atoms with Crippen LogP contribution in [0.25, 0.3) is 0 Å². The van der Waals surface area contributed by atoms with E-state index in [1.165, 1.54) is 7.05 Å². The maximum atomic E-state index is 13.9. The van der Waals surface area contributed by atoms with Crippen molar-refractivity contribution < 1.29 is 33.8 Å². The number of aliphatic hydroxyl groups is 1. The van der Waals surface area contributed by atoms with Gasteiger partial charge in [-0.3, -0.25) is 9.59 Å². The quantitative estimate of drug-likeness (QED) is 0.373. The summed E-state index contributed by atoms with van der Waals surface area (Å²) in [6.07, 6.45) is -0.721. The zero-order chi connectivity index (χ0) is 31.0. The molecule has 3 N–H and O–H groups in total. The summed E-state index contributed by atoms with van der Waals surface area (Å²) in [4.78, 5) is 54.0. The molecule has 0 saturated carbocycles. The molecule has 2 rings (SSSR count). The molecule has 0 heterocycles. The molecule has 0 saturated heterocycles. The standard InChI is InChI=1S/C31H43N3O7/c1-20-14-16-22(17-15-20)25(34(8)27(37)24(19-35)33-29(39)41-31(5,6)7)26(36)32-23(28(38)40-30(2,3)4)18-21-12-10-9-11-13-21/h9-17,23-25,35H,18-19H2,1-8H3,(H,32,36)(H,33,39). The number of esters is 1. The average molecular weight is 570 g/mol. The van der Waals surface area contributed by atoms with Crippen molar-refractivity contribution in [3.05, 3.63) is 71.3 Å². The Labute approximate surface area is 242 Å². The number of aryl methyl sites for hydroxylation is 1. The summed E-state index contributed by atoms with van der Waals surface area (Å²) < 4.78 is 10.8. The van der Waals surface area contributed by atoms with E-state index < -0.39 is 59.8 Å². The van der Waals surface area contributed by atoms with Crippen LogP contribution in [-0.2, 0) is 30.3 Å². The number of likely N-dealkylation sites (N-methyl/N-ethyl adjacent to an activating group) is 1. The number of nitrogens with one attached hydrogen (secondary N) is 2. The number of hydrogen-bond acceptors (Lipinski definition) is 7. The van der Waals surface area contributed by atoms with Gasteiger partial charge in [0.05, 0.1) is 6.61 Å². The minimum atomic E-state index is -1.37. The van der Waals surface area contributed by atoms with Crippen molar-refractivity contribution in [1.82, 2.24) is 15.5 Å². The van der Waals surface area contributed by atoms with Gasteiger partial charge in [0, 0.05) is 13.5 Å². The predicted octanol–water partition coefficient (Wildman–Crippen LogP) is 3.45. The second-order valence-corrected chi connectivity index (χ2v) is 11.9. The van der Waals surface area contributed by atoms with E-state index in [4.69, 9.17) is 9.47 Å². The van der Waals surface area contributed by atoms with Crippen LogP contribution in [0.15, 0.2) is 54.6 Å². The fourth-order valence-electron chi connectivity index (χ4n) is 3.97. The molecule has 0 radical (unpaired) electrons. The van der Waals surface area contributed by atoms with Gasteiger partial charge < -0.3 is 30.1 Å². The van der Waals surface area contributed by atoms with Crippen LogP contribution in [0.3, 0.4) is 0 Å². The highest BCUT2D eigenvalue weighted by molar-refractivity contribution is 5.93. The van der Waals surface area contributed by atoms with Crippen LogP contribution in [0.1, 0.15) is 64.3 Å². The summed E-state index contributed by atoms with van der Waals surface area (Å²) in [6.45, 7) is 11.4. The first-order valence-corrected chi connectivity index (χ1v) is 13.5. The zero-order valence-electron chi connectivity index (χ0n) is 25.2. The van der Waals surface area contributed by atoms with Gasteiger partial charge in [-0.2, -0.15) is 0 Å². The first kappa shape index (κ1) is 33.3. The maximum Gasteiger partial charge on any atom is 0.408 e. The molecule has 0 aromatic heterocycles. The lowest BCUT2D eigenvalue weighted by Crippen LogP contribution is -2.54. The van der Waals surface area contributed by atoms with Crippen LogP contribution in [0.2, 0.25) is 0 Å². The summed E-state index contributed by atoms with van der Waals surface area (Å²) in [5.74, 6) is -1.98. The molecule has 0 aliphatic heterocycles. The Morgan fingerprint density at radius 3 is 1.90 bits per heavy atom. The summed E-state index contributed by atoms with van der Waals surface area (Å²) in [6, 6.07) is 12.6. The molecular formula is C31H43N3O7. The summed E-state index contributed by atoms with van der Waals surface area (Å²) in [5.41, 5.74) is 0.611. The lowest BCUT2D eigenvalue weighted by Gasteiger charge is -2.32. The Balaban J connectivity index is 2.40. The van der Waals surface area contributed by atoms with Gasteiger partial charge in [0.15, 0.2) is 0 Å². The van der Waals surface area contributed by atoms with E-state index in [0.29, 0.717) is 5.56 Å². The fourth-order valence-corrected chi connectivity index (χ4v) is 3.97. The van der Waals surface area contributed by atoms with Crippen molar-refractivity contribution in [1.29, 1.82) is 0 Å². The van der Waals surface area contributed by atoms with Crippen LogP contribution in [0, 0.1) is 6.92 Å². The van der Waals surface area contributed by atoms with Crippen LogP contribution < -0.4 is 10.6 Å². The van der Waals surface area contributed by atoms with Gasteiger partial charge in [0.25, 0.3) is 0 Å². The molecule has 0 aliphatic rings. The molecule has 0 spiro atoms. The average Bonchev–Trinajstić information content (AvgIpc) is 2.86.